The molecule has 0 unspecified atom stereocenters. The predicted octanol–water partition coefficient (Wildman–Crippen LogP) is 3.83. The number of amides is 1. The highest BCUT2D eigenvalue weighted by molar-refractivity contribution is 5.85. The number of nitrogens with one attached hydrogen (secondary N) is 1. The molecule has 25 heavy (non-hydrogen) atoms. The molecule has 0 radical (unpaired) electrons. The summed E-state index contributed by atoms with van der Waals surface area (Å²) in [6.07, 6.45) is 3.82. The molecule has 2 aromatic rings. The number of aryl methyl sites for hydroxylation is 1. The zero-order valence-electron chi connectivity index (χ0n) is 14.8. The Labute approximate surface area is 148 Å². The summed E-state index contributed by atoms with van der Waals surface area (Å²) in [6.45, 7) is 3.72. The van der Waals surface area contributed by atoms with Crippen molar-refractivity contribution in [2.24, 2.45) is 0 Å². The van der Waals surface area contributed by atoms with Crippen molar-refractivity contribution in [3.8, 4) is 0 Å². The van der Waals surface area contributed by atoms with Crippen LogP contribution in [0, 0.1) is 6.92 Å². The number of piperidine rings is 1. The van der Waals surface area contributed by atoms with E-state index >= 15 is 0 Å². The van der Waals surface area contributed by atoms with Gasteiger partial charge in [-0.15, -0.1) is 0 Å². The van der Waals surface area contributed by atoms with Gasteiger partial charge < -0.3 is 15.0 Å². The summed E-state index contributed by atoms with van der Waals surface area (Å²) in [4.78, 5) is 28.2. The lowest BCUT2D eigenvalue weighted by Gasteiger charge is -2.32. The molecular weight excluding hydrogens is 316 g/mol. The summed E-state index contributed by atoms with van der Waals surface area (Å²) in [5.41, 5.74) is 3.83. The second-order valence-corrected chi connectivity index (χ2v) is 6.97. The molecular formula is C20H26N2O3. The number of carbonyl (C=O) groups excluding carboxylic acids is 1. The molecule has 1 saturated heterocycles. The molecule has 0 atom stereocenters. The molecule has 134 valence electrons. The van der Waals surface area contributed by atoms with Crippen molar-refractivity contribution in [2.45, 2.75) is 51.4 Å². The number of aromatic nitrogens is 1. The molecule has 5 heteroatoms. The smallest absolute Gasteiger partial charge is 0.303 e. The number of nitrogens with zero attached hydrogens (tertiary/aromatic N) is 1. The number of hydrogen-bond donors (Lipinski definition) is 2. The van der Waals surface area contributed by atoms with Gasteiger partial charge in [-0.1, -0.05) is 18.2 Å². The number of para-hydroxylation sites is 1. The van der Waals surface area contributed by atoms with Gasteiger partial charge in [0.2, 0.25) is 5.91 Å². The molecule has 1 aliphatic heterocycles. The van der Waals surface area contributed by atoms with Crippen LogP contribution in [0.25, 0.3) is 10.9 Å². The third kappa shape index (κ3) is 4.03. The molecule has 2 heterocycles. The number of likely N-dealkylation sites (tertiary alicyclic amines) is 1. The minimum atomic E-state index is -0.789. The van der Waals surface area contributed by atoms with E-state index in [9.17, 15) is 9.59 Å². The van der Waals surface area contributed by atoms with Gasteiger partial charge in [0, 0.05) is 42.5 Å². The van der Waals surface area contributed by atoms with Crippen LogP contribution in [0.3, 0.4) is 0 Å². The molecule has 0 saturated carbocycles. The predicted molar refractivity (Wildman–Crippen MR) is 97.7 cm³/mol. The summed E-state index contributed by atoms with van der Waals surface area (Å²) in [6, 6.07) is 8.42. The van der Waals surface area contributed by atoms with Crippen molar-refractivity contribution in [3.05, 3.63) is 35.5 Å². The number of benzene rings is 1. The Kier molecular flexibility index (Phi) is 5.41. The van der Waals surface area contributed by atoms with Crippen LogP contribution in [0.4, 0.5) is 0 Å². The first kappa shape index (κ1) is 17.5. The number of fused-ring (bicyclic) bond motifs is 1. The lowest BCUT2D eigenvalue weighted by atomic mass is 9.87. The van der Waals surface area contributed by atoms with Crippen LogP contribution in [-0.2, 0) is 9.59 Å². The van der Waals surface area contributed by atoms with Crippen molar-refractivity contribution < 1.29 is 14.7 Å². The van der Waals surface area contributed by atoms with E-state index in [0.717, 1.165) is 25.9 Å². The SMILES string of the molecule is Cc1[nH]c2ccccc2c1C1CCN(C(=O)CCCCC(=O)O)CC1. The maximum absolute atomic E-state index is 12.3. The maximum atomic E-state index is 12.3. The Balaban J connectivity index is 1.55. The number of unbranched alkanes of at least 4 members (excludes halogenated alkanes) is 1. The topological polar surface area (TPSA) is 73.4 Å². The van der Waals surface area contributed by atoms with E-state index in [4.69, 9.17) is 5.11 Å². The number of H-pyrrole nitrogens is 1. The molecule has 2 N–H and O–H groups in total. The Morgan fingerprint density at radius 2 is 1.84 bits per heavy atom. The fourth-order valence-corrected chi connectivity index (χ4v) is 3.95. The van der Waals surface area contributed by atoms with E-state index < -0.39 is 5.97 Å². The van der Waals surface area contributed by atoms with Crippen molar-refractivity contribution in [2.75, 3.05) is 13.1 Å². The maximum Gasteiger partial charge on any atom is 0.303 e. The molecule has 0 aliphatic carbocycles. The third-order valence-electron chi connectivity index (χ3n) is 5.23. The average molecular weight is 342 g/mol. The number of aromatic amines is 1. The minimum absolute atomic E-state index is 0.148. The van der Waals surface area contributed by atoms with Crippen LogP contribution in [0.5, 0.6) is 0 Å². The van der Waals surface area contributed by atoms with E-state index in [-0.39, 0.29) is 12.3 Å². The minimum Gasteiger partial charge on any atom is -0.481 e. The molecule has 1 aliphatic rings. The van der Waals surface area contributed by atoms with Gasteiger partial charge in [-0.3, -0.25) is 9.59 Å². The number of hydrogen-bond acceptors (Lipinski definition) is 2. The van der Waals surface area contributed by atoms with Gasteiger partial charge in [-0.2, -0.15) is 0 Å². The van der Waals surface area contributed by atoms with Crippen LogP contribution in [0.2, 0.25) is 0 Å². The van der Waals surface area contributed by atoms with Gasteiger partial charge in [-0.05, 0) is 50.2 Å². The second kappa shape index (κ2) is 7.72. The number of carboxylic acid groups (broad SMARTS) is 1. The van der Waals surface area contributed by atoms with Crippen molar-refractivity contribution in [1.29, 1.82) is 0 Å². The van der Waals surface area contributed by atoms with Crippen LogP contribution < -0.4 is 0 Å². The molecule has 1 aromatic carbocycles. The van der Waals surface area contributed by atoms with Crippen LogP contribution in [-0.4, -0.2) is 40.0 Å². The first-order valence-corrected chi connectivity index (χ1v) is 9.13. The fraction of sp³-hybridized carbons (Fsp3) is 0.500. The average Bonchev–Trinajstić information content (AvgIpc) is 2.94. The monoisotopic (exact) mass is 342 g/mol. The molecule has 3 rings (SSSR count). The zero-order valence-corrected chi connectivity index (χ0v) is 14.8. The number of carbonyl (C=O) groups is 2. The standard InChI is InChI=1S/C20H26N2O3/c1-14-20(16-6-2-3-7-17(16)21-14)15-10-12-22(13-11-15)18(23)8-4-5-9-19(24)25/h2-3,6-7,15,21H,4-5,8-13H2,1H3,(H,24,25). The first-order chi connectivity index (χ1) is 12.1. The van der Waals surface area contributed by atoms with Gasteiger partial charge in [0.25, 0.3) is 0 Å². The highest BCUT2D eigenvalue weighted by Gasteiger charge is 2.26. The van der Waals surface area contributed by atoms with Crippen molar-refractivity contribution in [3.63, 3.8) is 0 Å². The summed E-state index contributed by atoms with van der Waals surface area (Å²) in [5.74, 6) is -0.130. The Hall–Kier alpha value is -2.30. The number of aliphatic carboxylic acids is 1. The number of carboxylic acids is 1. The largest absolute Gasteiger partial charge is 0.481 e. The van der Waals surface area contributed by atoms with Gasteiger partial charge in [0.15, 0.2) is 0 Å². The Morgan fingerprint density at radius 1 is 1.16 bits per heavy atom. The molecule has 0 bridgehead atoms. The van der Waals surface area contributed by atoms with E-state index in [1.54, 1.807) is 0 Å². The quantitative estimate of drug-likeness (QED) is 0.784. The Morgan fingerprint density at radius 3 is 2.56 bits per heavy atom. The highest BCUT2D eigenvalue weighted by Crippen LogP contribution is 2.35. The van der Waals surface area contributed by atoms with Gasteiger partial charge in [0.05, 0.1) is 0 Å². The zero-order chi connectivity index (χ0) is 17.8. The normalized spacial score (nSPS) is 15.6. The Bertz CT molecular complexity index is 757. The summed E-state index contributed by atoms with van der Waals surface area (Å²) in [7, 11) is 0. The third-order valence-corrected chi connectivity index (χ3v) is 5.23. The summed E-state index contributed by atoms with van der Waals surface area (Å²) < 4.78 is 0. The van der Waals surface area contributed by atoms with Gasteiger partial charge in [-0.25, -0.2) is 0 Å². The first-order valence-electron chi connectivity index (χ1n) is 9.13. The van der Waals surface area contributed by atoms with E-state index in [1.807, 2.05) is 11.0 Å². The van der Waals surface area contributed by atoms with Crippen LogP contribution >= 0.6 is 0 Å². The van der Waals surface area contributed by atoms with E-state index in [1.165, 1.54) is 22.2 Å². The molecule has 1 amide bonds. The summed E-state index contributed by atoms with van der Waals surface area (Å²) >= 11 is 0. The summed E-state index contributed by atoms with van der Waals surface area (Å²) in [5, 5.41) is 9.95. The highest BCUT2D eigenvalue weighted by atomic mass is 16.4. The van der Waals surface area contributed by atoms with E-state index in [0.29, 0.717) is 25.2 Å². The van der Waals surface area contributed by atoms with Crippen molar-refractivity contribution in [1.82, 2.24) is 9.88 Å². The van der Waals surface area contributed by atoms with Crippen LogP contribution in [0.1, 0.15) is 55.7 Å². The van der Waals surface area contributed by atoms with Gasteiger partial charge >= 0.3 is 5.97 Å². The van der Waals surface area contributed by atoms with Gasteiger partial charge in [0.1, 0.15) is 0 Å². The number of rotatable bonds is 6. The lowest BCUT2D eigenvalue weighted by molar-refractivity contribution is -0.137. The second-order valence-electron chi connectivity index (χ2n) is 6.97. The van der Waals surface area contributed by atoms with E-state index in [2.05, 4.69) is 30.1 Å². The molecule has 1 fully saturated rings. The fourth-order valence-electron chi connectivity index (χ4n) is 3.95. The molecule has 1 aromatic heterocycles. The lowest BCUT2D eigenvalue weighted by Crippen LogP contribution is -2.37. The molecule has 0 spiro atoms. The molecule has 5 nitrogen and oxygen atoms in total. The van der Waals surface area contributed by atoms with Crippen LogP contribution in [0.15, 0.2) is 24.3 Å². The van der Waals surface area contributed by atoms with Crippen molar-refractivity contribution >= 4 is 22.8 Å².